The van der Waals surface area contributed by atoms with Crippen molar-refractivity contribution in [3.8, 4) is 6.07 Å². The van der Waals surface area contributed by atoms with Gasteiger partial charge in [0.25, 0.3) is 0 Å². The molecule has 0 saturated heterocycles. The Hall–Kier alpha value is -1.93. The monoisotopic (exact) mass is 230 g/mol. The minimum absolute atomic E-state index is 0.430. The molecule has 0 aliphatic carbocycles. The lowest BCUT2D eigenvalue weighted by Gasteiger charge is -2.02. The van der Waals surface area contributed by atoms with Crippen LogP contribution in [0.2, 0.25) is 0 Å². The first-order chi connectivity index (χ1) is 7.78. The fraction of sp³-hybridized carbons (Fsp3) is 0.182. The molecule has 0 fully saturated rings. The number of hydrogen-bond donors (Lipinski definition) is 1. The summed E-state index contributed by atoms with van der Waals surface area (Å²) in [6.45, 7) is 2.72. The second-order valence-corrected chi connectivity index (χ2v) is 4.56. The van der Waals surface area contributed by atoms with E-state index in [-0.39, 0.29) is 0 Å². The predicted octanol–water partition coefficient (Wildman–Crippen LogP) is 2.33. The van der Waals surface area contributed by atoms with Crippen LogP contribution in [0.25, 0.3) is 0 Å². The first kappa shape index (κ1) is 10.6. The Kier molecular flexibility index (Phi) is 3.13. The Morgan fingerprint density at radius 2 is 2.25 bits per heavy atom. The molecule has 0 aliphatic heterocycles. The maximum Gasteiger partial charge on any atom is 0.140 e. The largest absolute Gasteiger partial charge is 0.379 e. The van der Waals surface area contributed by atoms with Crippen LogP contribution in [0.5, 0.6) is 0 Å². The molecular formula is C11H10N4S. The van der Waals surface area contributed by atoms with Crippen LogP contribution in [-0.2, 0) is 6.54 Å². The lowest BCUT2D eigenvalue weighted by Crippen LogP contribution is -1.98. The predicted molar refractivity (Wildman–Crippen MR) is 63.1 cm³/mol. The average molecular weight is 230 g/mol. The van der Waals surface area contributed by atoms with Gasteiger partial charge < -0.3 is 5.32 Å². The highest BCUT2D eigenvalue weighted by Crippen LogP contribution is 2.14. The van der Waals surface area contributed by atoms with Gasteiger partial charge in [0.05, 0.1) is 23.4 Å². The molecule has 2 aromatic rings. The van der Waals surface area contributed by atoms with Gasteiger partial charge >= 0.3 is 0 Å². The third-order valence-electron chi connectivity index (χ3n) is 2.01. The molecule has 0 bridgehead atoms. The number of nitriles is 1. The van der Waals surface area contributed by atoms with Gasteiger partial charge in [-0.1, -0.05) is 0 Å². The average Bonchev–Trinajstić information content (AvgIpc) is 2.73. The molecule has 2 aromatic heterocycles. The number of nitrogens with one attached hydrogen (secondary N) is 1. The van der Waals surface area contributed by atoms with E-state index in [4.69, 9.17) is 5.26 Å². The zero-order valence-electron chi connectivity index (χ0n) is 8.77. The molecule has 4 nitrogen and oxygen atoms in total. The van der Waals surface area contributed by atoms with Crippen LogP contribution in [0.3, 0.4) is 0 Å². The third kappa shape index (κ3) is 2.55. The number of aryl methyl sites for hydroxylation is 1. The van der Waals surface area contributed by atoms with Gasteiger partial charge in [-0.25, -0.2) is 9.97 Å². The standard InChI is InChI=1S/C11H10N4S/c1-8-13-6-11(16-8)7-15-10-3-2-9(4-12)14-5-10/h2-3,5-6,15H,7H2,1H3. The van der Waals surface area contributed by atoms with Crippen LogP contribution in [0.4, 0.5) is 5.69 Å². The van der Waals surface area contributed by atoms with E-state index in [0.717, 1.165) is 17.2 Å². The maximum atomic E-state index is 8.60. The van der Waals surface area contributed by atoms with Crippen LogP contribution >= 0.6 is 11.3 Å². The van der Waals surface area contributed by atoms with Crippen LogP contribution < -0.4 is 5.32 Å². The molecule has 2 rings (SSSR count). The number of nitrogens with zero attached hydrogens (tertiary/aromatic N) is 3. The Morgan fingerprint density at radius 3 is 2.81 bits per heavy atom. The van der Waals surface area contributed by atoms with Crippen LogP contribution in [0, 0.1) is 18.3 Å². The van der Waals surface area contributed by atoms with Crippen molar-refractivity contribution in [2.24, 2.45) is 0 Å². The van der Waals surface area contributed by atoms with E-state index in [1.165, 1.54) is 4.88 Å². The summed E-state index contributed by atoms with van der Waals surface area (Å²) in [5.41, 5.74) is 1.34. The second kappa shape index (κ2) is 4.73. The van der Waals surface area contributed by atoms with Gasteiger partial charge in [0, 0.05) is 11.1 Å². The third-order valence-corrected chi connectivity index (χ3v) is 2.93. The van der Waals surface area contributed by atoms with Crippen molar-refractivity contribution in [1.82, 2.24) is 9.97 Å². The summed E-state index contributed by atoms with van der Waals surface area (Å²) in [5, 5.41) is 12.9. The fourth-order valence-electron chi connectivity index (χ4n) is 1.24. The zero-order valence-corrected chi connectivity index (χ0v) is 9.58. The summed E-state index contributed by atoms with van der Waals surface area (Å²) >= 11 is 1.67. The van der Waals surface area contributed by atoms with Crippen molar-refractivity contribution in [2.45, 2.75) is 13.5 Å². The minimum Gasteiger partial charge on any atom is -0.379 e. The Bertz CT molecular complexity index is 510. The van der Waals surface area contributed by atoms with Crippen LogP contribution in [0.15, 0.2) is 24.5 Å². The van der Waals surface area contributed by atoms with E-state index < -0.39 is 0 Å². The lowest BCUT2D eigenvalue weighted by molar-refractivity contribution is 1.15. The number of anilines is 1. The zero-order chi connectivity index (χ0) is 11.4. The number of thiazole rings is 1. The molecular weight excluding hydrogens is 220 g/mol. The Morgan fingerprint density at radius 1 is 1.38 bits per heavy atom. The van der Waals surface area contributed by atoms with Gasteiger partial charge in [-0.2, -0.15) is 5.26 Å². The van der Waals surface area contributed by atoms with Crippen molar-refractivity contribution in [3.63, 3.8) is 0 Å². The number of hydrogen-bond acceptors (Lipinski definition) is 5. The highest BCUT2D eigenvalue weighted by molar-refractivity contribution is 7.11. The maximum absolute atomic E-state index is 8.60. The van der Waals surface area contributed by atoms with E-state index in [1.807, 2.05) is 25.3 Å². The highest BCUT2D eigenvalue weighted by atomic mass is 32.1. The Labute approximate surface area is 97.6 Å². The molecule has 0 amide bonds. The molecule has 0 aromatic carbocycles. The highest BCUT2D eigenvalue weighted by Gasteiger charge is 1.98. The first-order valence-corrected chi connectivity index (χ1v) is 5.61. The number of rotatable bonds is 3. The van der Waals surface area contributed by atoms with Crippen LogP contribution in [-0.4, -0.2) is 9.97 Å². The molecule has 0 radical (unpaired) electrons. The van der Waals surface area contributed by atoms with Gasteiger partial charge in [-0.05, 0) is 19.1 Å². The summed E-state index contributed by atoms with van der Waals surface area (Å²) in [6, 6.07) is 5.53. The van der Waals surface area contributed by atoms with E-state index in [1.54, 1.807) is 23.6 Å². The van der Waals surface area contributed by atoms with E-state index in [0.29, 0.717) is 5.69 Å². The molecule has 0 atom stereocenters. The number of pyridine rings is 1. The van der Waals surface area contributed by atoms with Crippen molar-refractivity contribution in [1.29, 1.82) is 5.26 Å². The van der Waals surface area contributed by atoms with Gasteiger partial charge in [-0.3, -0.25) is 0 Å². The summed E-state index contributed by atoms with van der Waals surface area (Å²) in [4.78, 5) is 9.34. The topological polar surface area (TPSA) is 61.6 Å². The second-order valence-electron chi connectivity index (χ2n) is 3.24. The van der Waals surface area contributed by atoms with Gasteiger partial charge in [-0.15, -0.1) is 11.3 Å². The van der Waals surface area contributed by atoms with Gasteiger partial charge in [0.15, 0.2) is 0 Å². The van der Waals surface area contributed by atoms with Crippen molar-refractivity contribution < 1.29 is 0 Å². The van der Waals surface area contributed by atoms with Gasteiger partial charge in [0.1, 0.15) is 11.8 Å². The smallest absolute Gasteiger partial charge is 0.140 e. The summed E-state index contributed by atoms with van der Waals surface area (Å²) in [7, 11) is 0. The lowest BCUT2D eigenvalue weighted by atomic mass is 10.3. The molecule has 80 valence electrons. The molecule has 0 unspecified atom stereocenters. The Balaban J connectivity index is 1.97. The summed E-state index contributed by atoms with van der Waals surface area (Å²) in [6.07, 6.45) is 3.52. The van der Waals surface area contributed by atoms with E-state index in [2.05, 4.69) is 15.3 Å². The molecule has 0 aliphatic rings. The summed E-state index contributed by atoms with van der Waals surface area (Å²) in [5.74, 6) is 0. The van der Waals surface area contributed by atoms with Crippen molar-refractivity contribution in [2.75, 3.05) is 5.32 Å². The van der Waals surface area contributed by atoms with E-state index in [9.17, 15) is 0 Å². The molecule has 1 N–H and O–H groups in total. The van der Waals surface area contributed by atoms with Crippen molar-refractivity contribution in [3.05, 3.63) is 40.1 Å². The first-order valence-electron chi connectivity index (χ1n) is 4.79. The molecule has 2 heterocycles. The SMILES string of the molecule is Cc1ncc(CNc2ccc(C#N)nc2)s1. The number of aromatic nitrogens is 2. The summed E-state index contributed by atoms with van der Waals surface area (Å²) < 4.78 is 0. The van der Waals surface area contributed by atoms with Crippen LogP contribution in [0.1, 0.15) is 15.6 Å². The quantitative estimate of drug-likeness (QED) is 0.879. The fourth-order valence-corrected chi connectivity index (χ4v) is 1.98. The van der Waals surface area contributed by atoms with Crippen molar-refractivity contribution >= 4 is 17.0 Å². The molecule has 16 heavy (non-hydrogen) atoms. The molecule has 5 heteroatoms. The van der Waals surface area contributed by atoms with E-state index >= 15 is 0 Å². The molecule has 0 spiro atoms. The normalized spacial score (nSPS) is 9.75. The molecule has 0 saturated carbocycles. The van der Waals surface area contributed by atoms with Gasteiger partial charge in [0.2, 0.25) is 0 Å². The minimum atomic E-state index is 0.430.